The summed E-state index contributed by atoms with van der Waals surface area (Å²) in [6.45, 7) is 6.62. The Morgan fingerprint density at radius 1 is 1.06 bits per heavy atom. The molecule has 0 N–H and O–H groups in total. The summed E-state index contributed by atoms with van der Waals surface area (Å²) in [5, 5.41) is 0.514. The van der Waals surface area contributed by atoms with E-state index >= 15 is 0 Å². The van der Waals surface area contributed by atoms with Gasteiger partial charge in [0.05, 0.1) is 40.7 Å². The van der Waals surface area contributed by atoms with Crippen LogP contribution in [0.2, 0.25) is 0 Å². The number of furan rings is 1. The van der Waals surface area contributed by atoms with Crippen molar-refractivity contribution in [3.8, 4) is 11.3 Å². The lowest BCUT2D eigenvalue weighted by Gasteiger charge is -2.38. The van der Waals surface area contributed by atoms with Crippen molar-refractivity contribution < 1.29 is 9.15 Å². The molecule has 1 aliphatic heterocycles. The van der Waals surface area contributed by atoms with E-state index in [0.29, 0.717) is 23.3 Å². The van der Waals surface area contributed by atoms with Gasteiger partial charge < -0.3 is 13.7 Å². The molecule has 4 heterocycles. The van der Waals surface area contributed by atoms with Crippen molar-refractivity contribution in [2.75, 3.05) is 6.61 Å². The van der Waals surface area contributed by atoms with E-state index in [0.717, 1.165) is 22.5 Å². The van der Waals surface area contributed by atoms with Crippen LogP contribution >= 0.6 is 0 Å². The second-order valence-corrected chi connectivity index (χ2v) is 8.89. The molecule has 0 saturated heterocycles. The van der Waals surface area contributed by atoms with Crippen molar-refractivity contribution in [3.63, 3.8) is 0 Å². The van der Waals surface area contributed by atoms with Crippen LogP contribution in [0.4, 0.5) is 0 Å². The highest BCUT2D eigenvalue weighted by molar-refractivity contribution is 5.96. The fraction of sp³-hybridized carbons (Fsp3) is 0.333. The molecule has 1 aromatic carbocycles. The molecule has 0 amide bonds. The standard InChI is InChI=1S/C24H25N3O4/c1-14-8-6-9-15(12-14)18-17-19(25(4)23(29)26(5)22(17)28)20-21(16-10-7-11-30-16)31-13-24(2,3)27(18)20/h6-12,21H,13H2,1-5H3. The van der Waals surface area contributed by atoms with Crippen LogP contribution in [0.5, 0.6) is 0 Å². The number of benzene rings is 1. The van der Waals surface area contributed by atoms with Gasteiger partial charge in [0.1, 0.15) is 5.76 Å². The van der Waals surface area contributed by atoms with Gasteiger partial charge in [-0.25, -0.2) is 4.79 Å². The first-order valence-electron chi connectivity index (χ1n) is 10.3. The quantitative estimate of drug-likeness (QED) is 0.499. The zero-order chi connectivity index (χ0) is 22.1. The van der Waals surface area contributed by atoms with E-state index in [-0.39, 0.29) is 11.2 Å². The first kappa shape index (κ1) is 19.6. The van der Waals surface area contributed by atoms with Crippen LogP contribution in [0, 0.1) is 6.92 Å². The lowest BCUT2D eigenvalue weighted by molar-refractivity contribution is -0.0164. The van der Waals surface area contributed by atoms with E-state index < -0.39 is 11.6 Å². The highest BCUT2D eigenvalue weighted by Gasteiger charge is 2.41. The van der Waals surface area contributed by atoms with E-state index in [9.17, 15) is 9.59 Å². The van der Waals surface area contributed by atoms with Crippen LogP contribution in [-0.2, 0) is 24.4 Å². The van der Waals surface area contributed by atoms with E-state index in [1.807, 2.05) is 37.3 Å². The highest BCUT2D eigenvalue weighted by atomic mass is 16.5. The number of hydrogen-bond donors (Lipinski definition) is 0. The Labute approximate surface area is 179 Å². The minimum atomic E-state index is -0.526. The molecule has 0 fully saturated rings. The van der Waals surface area contributed by atoms with E-state index in [4.69, 9.17) is 9.15 Å². The second-order valence-electron chi connectivity index (χ2n) is 8.89. The third kappa shape index (κ3) is 2.69. The van der Waals surface area contributed by atoms with Crippen molar-refractivity contribution in [3.05, 3.63) is 80.5 Å². The van der Waals surface area contributed by atoms with Gasteiger partial charge in [0, 0.05) is 14.1 Å². The van der Waals surface area contributed by atoms with Crippen molar-refractivity contribution in [2.45, 2.75) is 32.4 Å². The van der Waals surface area contributed by atoms with Crippen LogP contribution in [0.25, 0.3) is 22.2 Å². The Kier molecular flexibility index (Phi) is 4.17. The van der Waals surface area contributed by atoms with Crippen LogP contribution in [-0.4, -0.2) is 20.3 Å². The van der Waals surface area contributed by atoms with Crippen molar-refractivity contribution in [2.24, 2.45) is 14.1 Å². The minimum Gasteiger partial charge on any atom is -0.466 e. The topological polar surface area (TPSA) is 71.3 Å². The molecule has 160 valence electrons. The SMILES string of the molecule is Cc1cccc(-c2c3c(=O)n(C)c(=O)n(C)c3c3n2C(C)(C)COC3c2ccco2)c1. The number of ether oxygens (including phenoxy) is 1. The van der Waals surface area contributed by atoms with Gasteiger partial charge in [0.2, 0.25) is 0 Å². The number of aryl methyl sites for hydroxylation is 2. The largest absolute Gasteiger partial charge is 0.466 e. The predicted octanol–water partition coefficient (Wildman–Crippen LogP) is 3.46. The average molecular weight is 419 g/mol. The maximum absolute atomic E-state index is 13.5. The van der Waals surface area contributed by atoms with Crippen molar-refractivity contribution in [1.29, 1.82) is 0 Å². The molecule has 5 rings (SSSR count). The van der Waals surface area contributed by atoms with Gasteiger partial charge in [-0.3, -0.25) is 13.9 Å². The van der Waals surface area contributed by atoms with Gasteiger partial charge in [-0.1, -0.05) is 23.8 Å². The summed E-state index contributed by atoms with van der Waals surface area (Å²) >= 11 is 0. The molecule has 0 aliphatic carbocycles. The molecule has 4 aromatic rings. The molecule has 1 unspecified atom stereocenters. The number of hydrogen-bond acceptors (Lipinski definition) is 4. The summed E-state index contributed by atoms with van der Waals surface area (Å²) in [5.41, 5.74) is 3.03. The van der Waals surface area contributed by atoms with E-state index in [2.05, 4.69) is 24.5 Å². The van der Waals surface area contributed by atoms with Crippen LogP contribution in [0.3, 0.4) is 0 Å². The Bertz CT molecular complexity index is 1430. The normalized spacial score (nSPS) is 17.8. The third-order valence-electron chi connectivity index (χ3n) is 6.16. The lowest BCUT2D eigenvalue weighted by atomic mass is 10.00. The average Bonchev–Trinajstić information content (AvgIpc) is 3.38. The smallest absolute Gasteiger partial charge is 0.331 e. The van der Waals surface area contributed by atoms with Gasteiger partial charge in [-0.15, -0.1) is 0 Å². The zero-order valence-electron chi connectivity index (χ0n) is 18.3. The molecule has 0 spiro atoms. The van der Waals surface area contributed by atoms with Gasteiger partial charge in [-0.05, 0) is 44.5 Å². The molecular weight excluding hydrogens is 394 g/mol. The summed E-state index contributed by atoms with van der Waals surface area (Å²) in [6.07, 6.45) is 1.08. The molecule has 0 bridgehead atoms. The lowest BCUT2D eigenvalue weighted by Crippen LogP contribution is -2.40. The molecule has 31 heavy (non-hydrogen) atoms. The van der Waals surface area contributed by atoms with Crippen LogP contribution in [0.15, 0.2) is 56.7 Å². The fourth-order valence-corrected chi connectivity index (χ4v) is 4.72. The molecule has 1 aliphatic rings. The second kappa shape index (κ2) is 6.59. The first-order valence-corrected chi connectivity index (χ1v) is 10.3. The van der Waals surface area contributed by atoms with Crippen molar-refractivity contribution >= 4 is 10.9 Å². The summed E-state index contributed by atoms with van der Waals surface area (Å²) in [6, 6.07) is 11.8. The summed E-state index contributed by atoms with van der Waals surface area (Å²) in [5.74, 6) is 0.639. The van der Waals surface area contributed by atoms with Gasteiger partial charge >= 0.3 is 5.69 Å². The van der Waals surface area contributed by atoms with E-state index in [1.165, 1.54) is 11.6 Å². The molecule has 3 aromatic heterocycles. The Morgan fingerprint density at radius 2 is 1.84 bits per heavy atom. The molecule has 0 saturated carbocycles. The number of nitrogens with zero attached hydrogens (tertiary/aromatic N) is 3. The predicted molar refractivity (Wildman–Crippen MR) is 118 cm³/mol. The van der Waals surface area contributed by atoms with Crippen molar-refractivity contribution in [1.82, 2.24) is 13.7 Å². The van der Waals surface area contributed by atoms with E-state index in [1.54, 1.807) is 17.9 Å². The van der Waals surface area contributed by atoms with Gasteiger partial charge in [0.15, 0.2) is 6.10 Å². The molecule has 0 radical (unpaired) electrons. The fourth-order valence-electron chi connectivity index (χ4n) is 4.72. The Morgan fingerprint density at radius 3 is 2.52 bits per heavy atom. The zero-order valence-corrected chi connectivity index (χ0v) is 18.3. The van der Waals surface area contributed by atoms with Crippen LogP contribution < -0.4 is 11.2 Å². The number of rotatable bonds is 2. The van der Waals surface area contributed by atoms with Crippen LogP contribution in [0.1, 0.15) is 37.0 Å². The summed E-state index contributed by atoms with van der Waals surface area (Å²) in [4.78, 5) is 26.4. The number of fused-ring (bicyclic) bond motifs is 3. The maximum Gasteiger partial charge on any atom is 0.331 e. The molecule has 1 atom stereocenters. The molecule has 7 heteroatoms. The first-order chi connectivity index (χ1) is 14.7. The molecular formula is C24H25N3O4. The minimum absolute atomic E-state index is 0.314. The number of aromatic nitrogens is 3. The third-order valence-corrected chi connectivity index (χ3v) is 6.16. The maximum atomic E-state index is 13.5. The van der Waals surface area contributed by atoms with Gasteiger partial charge in [-0.2, -0.15) is 0 Å². The molecule has 7 nitrogen and oxygen atoms in total. The Balaban J connectivity index is 2.05. The Hall–Kier alpha value is -3.32. The van der Waals surface area contributed by atoms with Gasteiger partial charge in [0.25, 0.3) is 5.56 Å². The monoisotopic (exact) mass is 419 g/mol. The highest BCUT2D eigenvalue weighted by Crippen LogP contribution is 2.45. The summed E-state index contributed by atoms with van der Waals surface area (Å²) < 4.78 is 16.9. The summed E-state index contributed by atoms with van der Waals surface area (Å²) in [7, 11) is 3.22.